The second-order valence-electron chi connectivity index (χ2n) is 14.3. The predicted octanol–water partition coefficient (Wildman–Crippen LogP) is 5.83. The van der Waals surface area contributed by atoms with Gasteiger partial charge in [0.15, 0.2) is 5.78 Å². The van der Waals surface area contributed by atoms with E-state index in [1.54, 1.807) is 26.6 Å². The summed E-state index contributed by atoms with van der Waals surface area (Å²) in [5.41, 5.74) is 7.89. The fourth-order valence-electron chi connectivity index (χ4n) is 6.74. The summed E-state index contributed by atoms with van der Waals surface area (Å²) >= 11 is 6.90. The Morgan fingerprint density at radius 2 is 1.25 bits per heavy atom. The maximum Gasteiger partial charge on any atom is 2.00 e. The van der Waals surface area contributed by atoms with Crippen LogP contribution in [0.5, 0.6) is 11.5 Å². The van der Waals surface area contributed by atoms with Crippen LogP contribution in [-0.4, -0.2) is 103 Å². The Morgan fingerprint density at radius 1 is 0.768 bits per heavy atom. The van der Waals surface area contributed by atoms with Gasteiger partial charge in [-0.2, -0.15) is 18.1 Å². The van der Waals surface area contributed by atoms with E-state index in [-0.39, 0.29) is 47.2 Å². The number of nitriles is 1. The van der Waals surface area contributed by atoms with E-state index in [0.29, 0.717) is 11.4 Å². The van der Waals surface area contributed by atoms with Gasteiger partial charge in [0.1, 0.15) is 29.0 Å². The standard InChI is InChI=1S/C22H27BrN2O2.C16H15BrN2O.C6H12N.ClH.Mg/c1-15-10-16(12-20(11-15)27-3)4-5-18-13-19(23)14-24-21(18)22(26)17-6-8-25(2)9-7-17;1-11-5-12(7-15(6-11)20-2)3-4-13-8-14(17)10-19-16(13)9-18;1-7-5-3-2-4-6-7;;/h10-14,17H,4-9H2,1-3H3;5-8,10H,3-4H2,1-2H3;2H,3-6H2,1H3;1H;/q;;-1;;+2/p-1. The second kappa shape index (κ2) is 25.7. The Balaban J connectivity index is 0.000000328. The van der Waals surface area contributed by atoms with E-state index in [2.05, 4.69) is 103 Å². The number of methoxy groups -OCH3 is 2. The largest absolute Gasteiger partial charge is 2.00 e. The van der Waals surface area contributed by atoms with Crippen molar-refractivity contribution in [2.45, 2.75) is 65.2 Å². The van der Waals surface area contributed by atoms with Crippen LogP contribution in [0.2, 0.25) is 0 Å². The number of piperidine rings is 2. The molecule has 2 aromatic carbocycles. The van der Waals surface area contributed by atoms with Crippen LogP contribution >= 0.6 is 31.9 Å². The average Bonchev–Trinajstić information content (AvgIpc) is 3.17. The van der Waals surface area contributed by atoms with Crippen LogP contribution in [0.3, 0.4) is 0 Å². The molecule has 4 aromatic rings. The first kappa shape index (κ1) is 49.6. The summed E-state index contributed by atoms with van der Waals surface area (Å²) in [4.78, 5) is 26.4. The number of benzene rings is 2. The van der Waals surface area contributed by atoms with E-state index >= 15 is 0 Å². The maximum atomic E-state index is 13.1. The predicted molar refractivity (Wildman–Crippen MR) is 230 cm³/mol. The first-order chi connectivity index (χ1) is 26.0. The maximum absolute atomic E-state index is 13.1. The van der Waals surface area contributed by atoms with Crippen LogP contribution < -0.4 is 21.9 Å². The Labute approximate surface area is 374 Å². The summed E-state index contributed by atoms with van der Waals surface area (Å²) in [6.07, 6.45) is 13.4. The van der Waals surface area contributed by atoms with E-state index in [4.69, 9.17) is 14.7 Å². The van der Waals surface area contributed by atoms with Gasteiger partial charge in [0.05, 0.1) is 14.2 Å². The molecule has 0 N–H and O–H groups in total. The van der Waals surface area contributed by atoms with E-state index < -0.39 is 0 Å². The molecule has 0 bridgehead atoms. The summed E-state index contributed by atoms with van der Waals surface area (Å²) in [6.45, 7) is 8.60. The summed E-state index contributed by atoms with van der Waals surface area (Å²) in [5, 5.41) is 9.09. The number of carbonyl (C=O) groups is 1. The smallest absolute Gasteiger partial charge is 1.00 e. The monoisotopic (exact) mass is 917 g/mol. The van der Waals surface area contributed by atoms with E-state index in [9.17, 15) is 4.79 Å². The SMILES string of the molecule is CN1CC[CH-]CC1.COc1cc(C)cc(CCc2cc(Br)cnc2C#N)c1.COc1cc(C)cc(CCc2cc(Br)cnc2C(=O)C2CCN(C)CC2)c1.[Cl-].[Mg+2]. The van der Waals surface area contributed by atoms with Crippen LogP contribution in [0, 0.1) is 37.5 Å². The molecule has 2 saturated heterocycles. The van der Waals surface area contributed by atoms with Gasteiger partial charge in [0, 0.05) is 27.3 Å². The van der Waals surface area contributed by atoms with Crippen molar-refractivity contribution in [3.05, 3.63) is 121 Å². The number of rotatable bonds is 10. The molecule has 0 unspecified atom stereocenters. The molecular formula is C44H54Br2ClMgN5O3. The number of Topliss-reactive ketones (excluding diaryl/α,β-unsaturated/α-hetero) is 1. The number of pyridine rings is 2. The molecule has 6 rings (SSSR count). The van der Waals surface area contributed by atoms with Gasteiger partial charge in [-0.25, -0.2) is 4.98 Å². The van der Waals surface area contributed by atoms with E-state index in [0.717, 1.165) is 83.2 Å². The van der Waals surface area contributed by atoms with Crippen molar-refractivity contribution in [1.82, 2.24) is 19.8 Å². The number of ether oxygens (including phenoxy) is 2. The quantitative estimate of drug-likeness (QED) is 0.112. The molecule has 56 heavy (non-hydrogen) atoms. The van der Waals surface area contributed by atoms with Gasteiger partial charge < -0.3 is 38.1 Å². The van der Waals surface area contributed by atoms with Crippen molar-refractivity contribution in [1.29, 1.82) is 5.26 Å². The summed E-state index contributed by atoms with van der Waals surface area (Å²) < 4.78 is 12.5. The molecule has 12 heteroatoms. The first-order valence-corrected chi connectivity index (χ1v) is 20.3. The van der Waals surface area contributed by atoms with E-state index in [1.165, 1.54) is 48.2 Å². The van der Waals surface area contributed by atoms with Crippen LogP contribution in [0.15, 0.2) is 69.9 Å². The topological polar surface area (TPSA) is 91.6 Å². The van der Waals surface area contributed by atoms with Crippen molar-refractivity contribution in [2.24, 2.45) is 5.92 Å². The van der Waals surface area contributed by atoms with E-state index in [1.807, 2.05) is 37.3 Å². The zero-order valence-corrected chi connectivity index (χ0v) is 39.1. The fourth-order valence-corrected chi connectivity index (χ4v) is 7.50. The van der Waals surface area contributed by atoms with Crippen molar-refractivity contribution in [3.63, 3.8) is 0 Å². The zero-order chi connectivity index (χ0) is 39.0. The number of hydrogen-bond donors (Lipinski definition) is 0. The van der Waals surface area contributed by atoms with Gasteiger partial charge in [-0.15, -0.1) is 0 Å². The minimum absolute atomic E-state index is 0. The van der Waals surface area contributed by atoms with Crippen molar-refractivity contribution in [2.75, 3.05) is 54.5 Å². The summed E-state index contributed by atoms with van der Waals surface area (Å²) in [5.74, 6) is 2.04. The van der Waals surface area contributed by atoms with Crippen molar-refractivity contribution >= 4 is 60.7 Å². The number of carbonyl (C=O) groups excluding carboxylic acids is 1. The van der Waals surface area contributed by atoms with Gasteiger partial charge >= 0.3 is 23.1 Å². The van der Waals surface area contributed by atoms with Gasteiger partial charge in [0.25, 0.3) is 0 Å². The van der Waals surface area contributed by atoms with Crippen molar-refractivity contribution in [3.8, 4) is 17.6 Å². The minimum Gasteiger partial charge on any atom is -1.00 e. The molecule has 4 heterocycles. The van der Waals surface area contributed by atoms with Gasteiger partial charge in [-0.3, -0.25) is 9.78 Å². The number of aryl methyl sites for hydroxylation is 6. The fraction of sp³-hybridized carbons (Fsp3) is 0.432. The van der Waals surface area contributed by atoms with Crippen LogP contribution in [0.25, 0.3) is 0 Å². The van der Waals surface area contributed by atoms with Crippen LogP contribution in [0.4, 0.5) is 0 Å². The molecular weight excluding hydrogens is 866 g/mol. The first-order valence-electron chi connectivity index (χ1n) is 18.7. The number of halogens is 3. The summed E-state index contributed by atoms with van der Waals surface area (Å²) in [7, 11) is 7.65. The molecule has 0 aliphatic carbocycles. The minimum atomic E-state index is 0. The number of aromatic nitrogens is 2. The molecule has 2 fully saturated rings. The Hall–Kier alpha value is -2.56. The third kappa shape index (κ3) is 16.4. The molecule has 296 valence electrons. The number of hydrogen-bond acceptors (Lipinski definition) is 8. The van der Waals surface area contributed by atoms with Crippen molar-refractivity contribution < 1.29 is 26.7 Å². The Bertz CT molecular complexity index is 1880. The summed E-state index contributed by atoms with van der Waals surface area (Å²) in [6, 6.07) is 18.6. The number of nitrogens with zero attached hydrogens (tertiary/aromatic N) is 5. The van der Waals surface area contributed by atoms with Crippen LogP contribution in [-0.2, 0) is 25.7 Å². The Kier molecular flexibility index (Phi) is 22.8. The average molecular weight is 921 g/mol. The normalized spacial score (nSPS) is 14.3. The molecule has 2 aromatic heterocycles. The number of likely N-dealkylation sites (tertiary alicyclic amines) is 2. The zero-order valence-electron chi connectivity index (χ0n) is 33.7. The third-order valence-electron chi connectivity index (χ3n) is 9.78. The molecule has 2 aliphatic heterocycles. The van der Waals surface area contributed by atoms with Gasteiger partial charge in [-0.1, -0.05) is 12.1 Å². The third-order valence-corrected chi connectivity index (χ3v) is 10.7. The Morgan fingerprint density at radius 3 is 1.73 bits per heavy atom. The number of ketones is 1. The molecule has 0 atom stereocenters. The van der Waals surface area contributed by atoms with Crippen LogP contribution in [0.1, 0.15) is 75.2 Å². The van der Waals surface area contributed by atoms with Gasteiger partial charge in [0.2, 0.25) is 0 Å². The molecule has 0 amide bonds. The molecule has 8 nitrogen and oxygen atoms in total. The second-order valence-corrected chi connectivity index (χ2v) is 16.1. The molecule has 0 saturated carbocycles. The van der Waals surface area contributed by atoms with Gasteiger partial charge in [-0.05, 0) is 194 Å². The molecule has 0 spiro atoms. The molecule has 2 aliphatic rings. The molecule has 0 radical (unpaired) electrons.